The van der Waals surface area contributed by atoms with Crippen molar-refractivity contribution in [3.05, 3.63) is 69.0 Å². The summed E-state index contributed by atoms with van der Waals surface area (Å²) in [5.41, 5.74) is 52.6. The van der Waals surface area contributed by atoms with Gasteiger partial charge in [-0.25, -0.2) is 29.9 Å². The maximum absolute atomic E-state index is 11.6. The molecule has 31 N–H and O–H groups in total. The van der Waals surface area contributed by atoms with E-state index in [0.717, 1.165) is 20.0 Å². The molecule has 0 amide bonds. The number of nitrogens with two attached hydrogens (primary N) is 9. The van der Waals surface area contributed by atoms with Crippen LogP contribution in [0.2, 0.25) is 0 Å². The van der Waals surface area contributed by atoms with Crippen LogP contribution >= 0.6 is 44.2 Å². The van der Waals surface area contributed by atoms with E-state index in [1.165, 1.54) is 59.0 Å². The van der Waals surface area contributed by atoms with Crippen molar-refractivity contribution in [3.8, 4) is 0 Å². The fourth-order valence-corrected chi connectivity index (χ4v) is 13.4. The number of aromatic nitrogens is 24. The first kappa shape index (κ1) is 101. The highest BCUT2D eigenvalue weighted by atomic mass is 31.2. The summed E-state index contributed by atoms with van der Waals surface area (Å²) in [7, 11) is -19.7. The SMILES string of the molecule is CP(=O)(O)CO[C@H](CO)Cn1cnc2c(=O)[nH]c(N)nc21.CP(=O)(O)CO[C@H](CO)Cn1cnc2c(=O)[nH]c(N)nc21.CP(=O)(O)CO[C@H](CO)Cn1cnc2c(=O)[nH]c(N)nc21.CP(=O)(O)CO[C@H](CO)Cn1cnc2c(N)nc(N)nc21.C[C@H](Cn1cnc2c(N)nc(N)nc21)OCP(C)(=O)O.C[C@H](Cn1cnc2c(N)nc(N)nc21)OCP(C)(=O)O. The summed E-state index contributed by atoms with van der Waals surface area (Å²) in [6.45, 7) is 10.7. The Morgan fingerprint density at radius 3 is 0.694 bits per heavy atom. The number of aliphatic hydroxyl groups is 4. The largest absolute Gasteiger partial charge is 0.394 e. The zero-order chi connectivity index (χ0) is 92.3. The van der Waals surface area contributed by atoms with Crippen LogP contribution in [0.1, 0.15) is 13.8 Å². The summed E-state index contributed by atoms with van der Waals surface area (Å²) in [5.74, 6) is 0.583. The van der Waals surface area contributed by atoms with Gasteiger partial charge in [-0.05, 0) is 13.8 Å². The van der Waals surface area contributed by atoms with Crippen LogP contribution in [0.5, 0.6) is 0 Å². The smallest absolute Gasteiger partial charge is 0.280 e. The first-order valence-electron chi connectivity index (χ1n) is 35.9. The first-order chi connectivity index (χ1) is 57.7. The molecule has 684 valence electrons. The van der Waals surface area contributed by atoms with E-state index in [1.807, 2.05) is 0 Å². The van der Waals surface area contributed by atoms with E-state index in [0.29, 0.717) is 46.6 Å². The molecule has 0 aliphatic rings. The summed E-state index contributed by atoms with van der Waals surface area (Å²) in [4.78, 5) is 157. The lowest BCUT2D eigenvalue weighted by molar-refractivity contribution is 0.0239. The van der Waals surface area contributed by atoms with Crippen molar-refractivity contribution in [1.82, 2.24) is 117 Å². The van der Waals surface area contributed by atoms with Crippen LogP contribution in [-0.2, 0) is 95.1 Å². The average molecular weight is 1870 g/mol. The monoisotopic (exact) mass is 1870 g/mol. The van der Waals surface area contributed by atoms with Gasteiger partial charge in [-0.1, -0.05) is 0 Å². The van der Waals surface area contributed by atoms with Crippen molar-refractivity contribution in [2.45, 2.75) is 89.7 Å². The number of nitrogens with zero attached hydrogens (tertiary/aromatic N) is 21. The van der Waals surface area contributed by atoms with Gasteiger partial charge in [-0.2, -0.15) is 44.9 Å². The van der Waals surface area contributed by atoms with Crippen molar-refractivity contribution >= 4 is 164 Å². The molecule has 0 spiro atoms. The van der Waals surface area contributed by atoms with Gasteiger partial charge in [0.25, 0.3) is 16.7 Å². The minimum Gasteiger partial charge on any atom is -0.394 e. The summed E-state index contributed by atoms with van der Waals surface area (Å²) in [6, 6.07) is 0. The van der Waals surface area contributed by atoms with Gasteiger partial charge in [-0.15, -0.1) is 0 Å². The zero-order valence-corrected chi connectivity index (χ0v) is 73.0. The zero-order valence-electron chi connectivity index (χ0n) is 67.6. The molecule has 0 aliphatic heterocycles. The number of hydrogen-bond acceptors (Lipinski definition) is 43. The maximum Gasteiger partial charge on any atom is 0.280 e. The highest BCUT2D eigenvalue weighted by Gasteiger charge is 2.25. The molecular formula is C60H99N33O25P6. The predicted molar refractivity (Wildman–Crippen MR) is 453 cm³/mol. The topological polar surface area (TPSA) is 916 Å². The third kappa shape index (κ3) is 31.7. The van der Waals surface area contributed by atoms with Crippen LogP contribution < -0.4 is 68.3 Å². The minimum absolute atomic E-state index is 0.0108. The molecule has 0 fully saturated rings. The number of ether oxygens (including phenoxy) is 6. The highest BCUT2D eigenvalue weighted by molar-refractivity contribution is 7.58. The Morgan fingerprint density at radius 1 is 0.306 bits per heavy atom. The number of aliphatic hydroxyl groups excluding tert-OH is 4. The number of hydrogen-bond donors (Lipinski definition) is 22. The summed E-state index contributed by atoms with van der Waals surface area (Å²) in [6.07, 6.45) is 3.36. The second kappa shape index (κ2) is 43.5. The Bertz CT molecular complexity index is 5690. The lowest BCUT2D eigenvalue weighted by Crippen LogP contribution is -2.24. The second-order valence-electron chi connectivity index (χ2n) is 28.1. The lowest BCUT2D eigenvalue weighted by Gasteiger charge is -2.17. The Kier molecular flexibility index (Phi) is 35.3. The van der Waals surface area contributed by atoms with E-state index >= 15 is 0 Å². The molecule has 0 aliphatic carbocycles. The number of nitrogen functional groups attached to an aromatic ring is 9. The molecular weight excluding hydrogens is 1770 g/mol. The van der Waals surface area contributed by atoms with E-state index in [9.17, 15) is 91.6 Å². The van der Waals surface area contributed by atoms with Gasteiger partial charge in [0, 0.05) is 40.0 Å². The normalized spacial score (nSPS) is 16.0. The van der Waals surface area contributed by atoms with Crippen molar-refractivity contribution < 1.29 is 106 Å². The number of nitrogens with one attached hydrogen (secondary N) is 3. The number of fused-ring (bicyclic) bond motifs is 6. The average Bonchev–Trinajstić information content (AvgIpc) is 1.67. The summed E-state index contributed by atoms with van der Waals surface area (Å²) < 4.78 is 108. The number of imidazole rings is 6. The molecule has 6 unspecified atom stereocenters. The Morgan fingerprint density at radius 2 is 0.492 bits per heavy atom. The van der Waals surface area contributed by atoms with Gasteiger partial charge in [-0.3, -0.25) is 56.7 Å². The fourth-order valence-electron chi connectivity index (χ4n) is 10.4. The number of rotatable bonds is 34. The van der Waals surface area contributed by atoms with E-state index in [4.69, 9.17) is 80.0 Å². The molecule has 12 heterocycles. The van der Waals surface area contributed by atoms with Gasteiger partial charge in [0.1, 0.15) is 54.6 Å². The highest BCUT2D eigenvalue weighted by Crippen LogP contribution is 2.39. The van der Waals surface area contributed by atoms with Crippen molar-refractivity contribution in [2.24, 2.45) is 0 Å². The standard InChI is InChI=1S/C10H17N6O4P.2C10H17N6O3P.3C10H16N5O5P/c1-21(18,19)5-20-6(3-17)2-16-4-13-7-8(11)14-10(12)15-9(7)16;2*1-6(19-5-20(2,17)18)3-16-4-13-7-8(11)14-10(12)15-9(7)16;3*1-21(18,19)5-20-6(3-16)2-15-4-12-7-8(15)13-10(11)14-9(7)17/h4,6,17H,2-3,5H2,1H3,(H,18,19)(H4,11,12,14,15);2*4,6H,3,5H2,1-2H3,(H,17,18)(H4,11,12,14,15);3*4,6,16H,2-3,5H2,1H3,(H,18,19)(H3,11,13,14,17)/t6*6-/m011000/s1. The third-order valence-electron chi connectivity index (χ3n) is 15.7. The van der Waals surface area contributed by atoms with Gasteiger partial charge in [0.2, 0.25) is 79.9 Å². The minimum atomic E-state index is -3.34. The Balaban J connectivity index is 0.000000204. The van der Waals surface area contributed by atoms with Crippen molar-refractivity contribution in [2.75, 3.05) is 156 Å². The number of aromatic amines is 3. The van der Waals surface area contributed by atoms with Gasteiger partial charge >= 0.3 is 0 Å². The molecule has 12 aromatic heterocycles. The number of anilines is 9. The summed E-state index contributed by atoms with van der Waals surface area (Å²) in [5, 5.41) is 37.1. The Hall–Kier alpha value is -10.4. The van der Waals surface area contributed by atoms with Gasteiger partial charge in [0.15, 0.2) is 67.9 Å². The molecule has 12 aromatic rings. The van der Waals surface area contributed by atoms with Crippen LogP contribution in [0, 0.1) is 0 Å². The molecule has 124 heavy (non-hydrogen) atoms. The van der Waals surface area contributed by atoms with E-state index in [-0.39, 0.29) is 190 Å². The van der Waals surface area contributed by atoms with Crippen molar-refractivity contribution in [3.63, 3.8) is 0 Å². The van der Waals surface area contributed by atoms with E-state index < -0.39 is 85.3 Å². The molecule has 0 radical (unpaired) electrons. The molecule has 12 atom stereocenters. The fraction of sp³-hybridized carbons (Fsp3) is 0.500. The molecule has 12 rings (SSSR count). The first-order valence-corrected chi connectivity index (χ1v) is 49.7. The van der Waals surface area contributed by atoms with E-state index in [1.54, 1.807) is 40.2 Å². The predicted octanol–water partition coefficient (Wildman–Crippen LogP) is -3.46. The number of H-pyrrole nitrogens is 3. The third-order valence-corrected chi connectivity index (χ3v) is 19.5. The second-order valence-corrected chi connectivity index (χ2v) is 42.3. The van der Waals surface area contributed by atoms with Crippen LogP contribution in [0.25, 0.3) is 67.0 Å². The van der Waals surface area contributed by atoms with Crippen LogP contribution in [0.15, 0.2) is 52.3 Å². The lowest BCUT2D eigenvalue weighted by atomic mass is 10.3. The van der Waals surface area contributed by atoms with Crippen molar-refractivity contribution in [1.29, 1.82) is 0 Å². The van der Waals surface area contributed by atoms with Crippen LogP contribution in [-0.4, -0.2) is 308 Å². The molecule has 0 saturated carbocycles. The summed E-state index contributed by atoms with van der Waals surface area (Å²) >= 11 is 0. The van der Waals surface area contributed by atoms with E-state index in [2.05, 4.69) is 89.7 Å². The van der Waals surface area contributed by atoms with Gasteiger partial charge < -0.3 is 157 Å². The van der Waals surface area contributed by atoms with Gasteiger partial charge in [0.05, 0.1) is 140 Å². The molecule has 58 nitrogen and oxygen atoms in total. The van der Waals surface area contributed by atoms with Crippen LogP contribution in [0.4, 0.5) is 53.1 Å². The van der Waals surface area contributed by atoms with Crippen LogP contribution in [0.3, 0.4) is 0 Å². The molecule has 0 aromatic carbocycles. The molecule has 0 bridgehead atoms. The Labute approximate surface area is 699 Å². The quantitative estimate of drug-likeness (QED) is 0.0174. The molecule has 64 heteroatoms. The molecule has 0 saturated heterocycles. The maximum atomic E-state index is 11.6.